The van der Waals surface area contributed by atoms with Gasteiger partial charge in [-0.15, -0.1) is 0 Å². The molecular weight excluding hydrogens is 198 g/mol. The minimum Gasteiger partial charge on any atom is -0.342 e. The fraction of sp³-hybridized carbons (Fsp3) is 0.929. The van der Waals surface area contributed by atoms with Crippen LogP contribution in [0.15, 0.2) is 0 Å². The monoisotopic (exact) mass is 225 g/mol. The third-order valence-electron chi connectivity index (χ3n) is 3.80. The molecule has 1 saturated carbocycles. The molecule has 0 saturated heterocycles. The SMILES string of the molecule is CCCN(CCC)C(=O)C(C)C1CCCC1. The smallest absolute Gasteiger partial charge is 0.225 e. The number of nitrogens with zero attached hydrogens (tertiary/aromatic N) is 1. The Labute approximate surface area is 100 Å². The van der Waals surface area contributed by atoms with Gasteiger partial charge in [0.2, 0.25) is 5.91 Å². The minimum atomic E-state index is 0.251. The number of amides is 1. The normalized spacial score (nSPS) is 18.7. The molecule has 1 atom stereocenters. The van der Waals surface area contributed by atoms with Gasteiger partial charge >= 0.3 is 0 Å². The lowest BCUT2D eigenvalue weighted by molar-refractivity contribution is -0.136. The molecule has 0 N–H and O–H groups in total. The highest BCUT2D eigenvalue weighted by atomic mass is 16.2. The van der Waals surface area contributed by atoms with Crippen molar-refractivity contribution >= 4 is 5.91 Å². The first-order chi connectivity index (χ1) is 7.70. The molecule has 0 bridgehead atoms. The van der Waals surface area contributed by atoms with Crippen molar-refractivity contribution in [3.63, 3.8) is 0 Å². The van der Waals surface area contributed by atoms with Gasteiger partial charge in [-0.25, -0.2) is 0 Å². The molecule has 0 aromatic heterocycles. The van der Waals surface area contributed by atoms with Crippen LogP contribution in [0.4, 0.5) is 0 Å². The van der Waals surface area contributed by atoms with E-state index >= 15 is 0 Å². The van der Waals surface area contributed by atoms with Crippen LogP contribution in [0.5, 0.6) is 0 Å². The number of carbonyl (C=O) groups excluding carboxylic acids is 1. The summed E-state index contributed by atoms with van der Waals surface area (Å²) in [6, 6.07) is 0. The second-order valence-corrected chi connectivity index (χ2v) is 5.16. The van der Waals surface area contributed by atoms with E-state index in [9.17, 15) is 4.79 Å². The van der Waals surface area contributed by atoms with Crippen LogP contribution in [-0.4, -0.2) is 23.9 Å². The van der Waals surface area contributed by atoms with Crippen molar-refractivity contribution in [2.45, 2.75) is 59.3 Å². The first-order valence-electron chi connectivity index (χ1n) is 6.99. The van der Waals surface area contributed by atoms with Gasteiger partial charge in [-0.3, -0.25) is 4.79 Å². The van der Waals surface area contributed by atoms with E-state index in [0.717, 1.165) is 25.9 Å². The Morgan fingerprint density at radius 3 is 2.12 bits per heavy atom. The zero-order valence-corrected chi connectivity index (χ0v) is 11.2. The molecule has 94 valence electrons. The quantitative estimate of drug-likeness (QED) is 0.678. The van der Waals surface area contributed by atoms with Crippen LogP contribution in [0, 0.1) is 11.8 Å². The van der Waals surface area contributed by atoms with Crippen LogP contribution in [0.3, 0.4) is 0 Å². The van der Waals surface area contributed by atoms with E-state index < -0.39 is 0 Å². The summed E-state index contributed by atoms with van der Waals surface area (Å²) in [4.78, 5) is 14.4. The van der Waals surface area contributed by atoms with Crippen molar-refractivity contribution in [2.75, 3.05) is 13.1 Å². The number of carbonyl (C=O) groups is 1. The maximum atomic E-state index is 12.3. The predicted molar refractivity (Wildman–Crippen MR) is 68.3 cm³/mol. The van der Waals surface area contributed by atoms with Gasteiger partial charge in [0.25, 0.3) is 0 Å². The van der Waals surface area contributed by atoms with Gasteiger partial charge < -0.3 is 4.90 Å². The van der Waals surface area contributed by atoms with E-state index in [0.29, 0.717) is 11.8 Å². The van der Waals surface area contributed by atoms with Gasteiger partial charge in [-0.1, -0.05) is 33.6 Å². The highest BCUT2D eigenvalue weighted by molar-refractivity contribution is 5.78. The van der Waals surface area contributed by atoms with Gasteiger partial charge in [-0.05, 0) is 31.6 Å². The molecule has 1 aliphatic rings. The molecule has 0 radical (unpaired) electrons. The summed E-state index contributed by atoms with van der Waals surface area (Å²) < 4.78 is 0. The molecule has 0 heterocycles. The lowest BCUT2D eigenvalue weighted by Gasteiger charge is -2.27. The molecule has 0 aliphatic heterocycles. The molecule has 1 amide bonds. The van der Waals surface area contributed by atoms with E-state index in [4.69, 9.17) is 0 Å². The van der Waals surface area contributed by atoms with Crippen molar-refractivity contribution in [1.29, 1.82) is 0 Å². The van der Waals surface area contributed by atoms with Gasteiger partial charge in [0.1, 0.15) is 0 Å². The Kier molecular flexibility index (Phi) is 5.86. The fourth-order valence-electron chi connectivity index (χ4n) is 2.82. The minimum absolute atomic E-state index is 0.251. The first-order valence-corrected chi connectivity index (χ1v) is 6.99. The lowest BCUT2D eigenvalue weighted by Crippen LogP contribution is -2.38. The van der Waals surface area contributed by atoms with E-state index in [2.05, 4.69) is 25.7 Å². The Morgan fingerprint density at radius 2 is 1.69 bits per heavy atom. The average Bonchev–Trinajstić information content (AvgIpc) is 2.80. The van der Waals surface area contributed by atoms with Crippen molar-refractivity contribution in [3.8, 4) is 0 Å². The summed E-state index contributed by atoms with van der Waals surface area (Å²) in [6.45, 7) is 8.30. The Bertz CT molecular complexity index is 199. The second-order valence-electron chi connectivity index (χ2n) is 5.16. The lowest BCUT2D eigenvalue weighted by atomic mass is 9.91. The highest BCUT2D eigenvalue weighted by Crippen LogP contribution is 2.32. The van der Waals surface area contributed by atoms with E-state index in [1.54, 1.807) is 0 Å². The summed E-state index contributed by atoms with van der Waals surface area (Å²) in [7, 11) is 0. The molecule has 2 nitrogen and oxygen atoms in total. The van der Waals surface area contributed by atoms with Crippen molar-refractivity contribution in [2.24, 2.45) is 11.8 Å². The summed E-state index contributed by atoms with van der Waals surface area (Å²) >= 11 is 0. The molecule has 0 aromatic carbocycles. The Hall–Kier alpha value is -0.530. The van der Waals surface area contributed by atoms with Crippen LogP contribution < -0.4 is 0 Å². The summed E-state index contributed by atoms with van der Waals surface area (Å²) in [6.07, 6.45) is 7.32. The van der Waals surface area contributed by atoms with Gasteiger partial charge in [-0.2, -0.15) is 0 Å². The summed E-state index contributed by atoms with van der Waals surface area (Å²) in [5.41, 5.74) is 0. The first kappa shape index (κ1) is 13.5. The average molecular weight is 225 g/mol. The summed E-state index contributed by atoms with van der Waals surface area (Å²) in [5.74, 6) is 1.31. The van der Waals surface area contributed by atoms with Crippen LogP contribution in [0.25, 0.3) is 0 Å². The molecule has 1 aliphatic carbocycles. The molecule has 2 heteroatoms. The Balaban J connectivity index is 2.50. The number of rotatable bonds is 6. The van der Waals surface area contributed by atoms with Crippen LogP contribution >= 0.6 is 0 Å². The van der Waals surface area contributed by atoms with Crippen molar-refractivity contribution in [3.05, 3.63) is 0 Å². The van der Waals surface area contributed by atoms with Crippen LogP contribution in [0.1, 0.15) is 59.3 Å². The third kappa shape index (κ3) is 3.50. The van der Waals surface area contributed by atoms with Crippen LogP contribution in [-0.2, 0) is 4.79 Å². The molecule has 0 spiro atoms. The third-order valence-corrected chi connectivity index (χ3v) is 3.80. The predicted octanol–water partition coefficient (Wildman–Crippen LogP) is 3.46. The molecule has 16 heavy (non-hydrogen) atoms. The zero-order chi connectivity index (χ0) is 12.0. The zero-order valence-electron chi connectivity index (χ0n) is 11.2. The number of hydrogen-bond donors (Lipinski definition) is 0. The van der Waals surface area contributed by atoms with Crippen LogP contribution in [0.2, 0.25) is 0 Å². The molecular formula is C14H27NO. The fourth-order valence-corrected chi connectivity index (χ4v) is 2.82. The molecule has 1 unspecified atom stereocenters. The van der Waals surface area contributed by atoms with Crippen molar-refractivity contribution in [1.82, 2.24) is 4.90 Å². The molecule has 1 rings (SSSR count). The number of hydrogen-bond acceptors (Lipinski definition) is 1. The van der Waals surface area contributed by atoms with Gasteiger partial charge in [0, 0.05) is 19.0 Å². The standard InChI is InChI=1S/C14H27NO/c1-4-10-15(11-5-2)14(16)12(3)13-8-6-7-9-13/h12-13H,4-11H2,1-3H3. The van der Waals surface area contributed by atoms with E-state index in [1.165, 1.54) is 25.7 Å². The highest BCUT2D eigenvalue weighted by Gasteiger charge is 2.29. The Morgan fingerprint density at radius 1 is 1.19 bits per heavy atom. The largest absolute Gasteiger partial charge is 0.342 e. The van der Waals surface area contributed by atoms with Crippen molar-refractivity contribution < 1.29 is 4.79 Å². The van der Waals surface area contributed by atoms with Gasteiger partial charge in [0.15, 0.2) is 0 Å². The maximum Gasteiger partial charge on any atom is 0.225 e. The summed E-state index contributed by atoms with van der Waals surface area (Å²) in [5, 5.41) is 0. The van der Waals surface area contributed by atoms with E-state index in [1.807, 2.05) is 0 Å². The molecule has 1 fully saturated rings. The topological polar surface area (TPSA) is 20.3 Å². The maximum absolute atomic E-state index is 12.3. The van der Waals surface area contributed by atoms with Gasteiger partial charge in [0.05, 0.1) is 0 Å². The second kappa shape index (κ2) is 6.93. The molecule has 0 aromatic rings. The van der Waals surface area contributed by atoms with E-state index in [-0.39, 0.29) is 5.92 Å².